The van der Waals surface area contributed by atoms with Crippen LogP contribution >= 0.6 is 35.6 Å². The molecule has 152 valence electrons. The summed E-state index contributed by atoms with van der Waals surface area (Å²) >= 11 is 13.0. The van der Waals surface area contributed by atoms with Crippen molar-refractivity contribution in [3.63, 3.8) is 0 Å². The van der Waals surface area contributed by atoms with Crippen molar-refractivity contribution in [1.29, 1.82) is 0 Å². The second-order valence-corrected chi connectivity index (χ2v) is 8.19. The number of likely N-dealkylation sites (N-methyl/N-ethyl adjacent to an activating group) is 1. The van der Waals surface area contributed by atoms with Gasteiger partial charge in [0.1, 0.15) is 16.7 Å². The van der Waals surface area contributed by atoms with Crippen LogP contribution in [0.4, 0.5) is 4.39 Å². The highest BCUT2D eigenvalue weighted by Gasteiger charge is 2.30. The Bertz CT molecular complexity index is 963. The second-order valence-electron chi connectivity index (χ2n) is 6.10. The minimum Gasteiger partial charge on any atom is -0.490 e. The van der Waals surface area contributed by atoms with E-state index in [1.807, 2.05) is 13.8 Å². The molecule has 0 aliphatic carbocycles. The Balaban J connectivity index is 1.86. The molecular formula is C21H19ClFNO3S2. The van der Waals surface area contributed by atoms with Gasteiger partial charge in [0.2, 0.25) is 0 Å². The van der Waals surface area contributed by atoms with Crippen LogP contribution in [0.5, 0.6) is 11.5 Å². The van der Waals surface area contributed by atoms with Crippen LogP contribution in [0.15, 0.2) is 41.3 Å². The number of rotatable bonds is 7. The highest BCUT2D eigenvalue weighted by Crippen LogP contribution is 2.39. The van der Waals surface area contributed by atoms with Crippen molar-refractivity contribution in [2.24, 2.45) is 0 Å². The van der Waals surface area contributed by atoms with E-state index in [1.54, 1.807) is 35.2 Å². The number of amides is 1. The van der Waals surface area contributed by atoms with Gasteiger partial charge in [0.05, 0.1) is 16.5 Å². The number of benzene rings is 2. The minimum atomic E-state index is -0.306. The van der Waals surface area contributed by atoms with E-state index in [9.17, 15) is 9.18 Å². The first-order chi connectivity index (χ1) is 13.9. The number of carbonyl (C=O) groups excluding carboxylic acids is 1. The van der Waals surface area contributed by atoms with Gasteiger partial charge < -0.3 is 9.47 Å². The topological polar surface area (TPSA) is 38.8 Å². The summed E-state index contributed by atoms with van der Waals surface area (Å²) < 4.78 is 25.1. The third-order valence-corrected chi connectivity index (χ3v) is 5.77. The summed E-state index contributed by atoms with van der Waals surface area (Å²) in [6, 6.07) is 9.52. The molecule has 0 radical (unpaired) electrons. The molecule has 1 heterocycles. The highest BCUT2D eigenvalue weighted by atomic mass is 35.5. The maximum Gasteiger partial charge on any atom is 0.266 e. The number of ether oxygens (including phenoxy) is 2. The molecule has 0 atom stereocenters. The maximum atomic E-state index is 13.1. The monoisotopic (exact) mass is 451 g/mol. The lowest BCUT2D eigenvalue weighted by atomic mass is 10.1. The van der Waals surface area contributed by atoms with Gasteiger partial charge in [0.25, 0.3) is 5.91 Å². The molecule has 0 aromatic heterocycles. The number of nitrogens with zero attached hydrogens (tertiary/aromatic N) is 1. The van der Waals surface area contributed by atoms with Gasteiger partial charge in [-0.25, -0.2) is 4.39 Å². The number of thioether (sulfide) groups is 1. The Morgan fingerprint density at radius 1 is 1.21 bits per heavy atom. The first kappa shape index (κ1) is 21.6. The van der Waals surface area contributed by atoms with E-state index in [2.05, 4.69) is 0 Å². The molecule has 0 saturated carbocycles. The molecule has 1 amide bonds. The molecule has 29 heavy (non-hydrogen) atoms. The SMILES string of the molecule is CCOc1cc(/C=C2\SC(=S)N(CC)C2=O)cc(Cl)c1OCc1ccc(F)cc1. The summed E-state index contributed by atoms with van der Waals surface area (Å²) in [5.74, 6) is 0.447. The number of hydrogen-bond donors (Lipinski definition) is 0. The molecule has 2 aromatic carbocycles. The Morgan fingerprint density at radius 2 is 1.93 bits per heavy atom. The largest absolute Gasteiger partial charge is 0.490 e. The lowest BCUT2D eigenvalue weighted by Crippen LogP contribution is -2.27. The van der Waals surface area contributed by atoms with E-state index in [1.165, 1.54) is 23.9 Å². The Labute approximate surface area is 183 Å². The average Bonchev–Trinajstić information content (AvgIpc) is 2.95. The van der Waals surface area contributed by atoms with E-state index < -0.39 is 0 Å². The predicted molar refractivity (Wildman–Crippen MR) is 119 cm³/mol. The summed E-state index contributed by atoms with van der Waals surface area (Å²) in [5.41, 5.74) is 1.52. The highest BCUT2D eigenvalue weighted by molar-refractivity contribution is 8.26. The van der Waals surface area contributed by atoms with Gasteiger partial charge in [-0.2, -0.15) is 0 Å². The Hall–Kier alpha value is -2.09. The average molecular weight is 452 g/mol. The molecule has 4 nitrogen and oxygen atoms in total. The molecule has 1 aliphatic rings. The van der Waals surface area contributed by atoms with Crippen molar-refractivity contribution in [1.82, 2.24) is 4.90 Å². The van der Waals surface area contributed by atoms with E-state index in [0.717, 1.165) is 5.56 Å². The number of halogens is 2. The zero-order valence-electron chi connectivity index (χ0n) is 15.9. The van der Waals surface area contributed by atoms with Crippen LogP contribution in [-0.2, 0) is 11.4 Å². The van der Waals surface area contributed by atoms with Gasteiger partial charge >= 0.3 is 0 Å². The number of carbonyl (C=O) groups is 1. The molecule has 2 aromatic rings. The van der Waals surface area contributed by atoms with Crippen molar-refractivity contribution >= 4 is 51.9 Å². The van der Waals surface area contributed by atoms with Gasteiger partial charge in [0.15, 0.2) is 11.5 Å². The van der Waals surface area contributed by atoms with E-state index in [4.69, 9.17) is 33.3 Å². The summed E-state index contributed by atoms with van der Waals surface area (Å²) in [6.07, 6.45) is 1.74. The molecule has 3 rings (SSSR count). The molecule has 0 bridgehead atoms. The maximum absolute atomic E-state index is 13.1. The van der Waals surface area contributed by atoms with Gasteiger partial charge in [0, 0.05) is 6.54 Å². The lowest BCUT2D eigenvalue weighted by Gasteiger charge is -2.15. The first-order valence-corrected chi connectivity index (χ1v) is 10.6. The molecule has 0 spiro atoms. The minimum absolute atomic E-state index is 0.117. The molecule has 0 unspecified atom stereocenters. The van der Waals surface area contributed by atoms with Crippen LogP contribution in [0.3, 0.4) is 0 Å². The standard InChI is InChI=1S/C21H19ClFNO3S2/c1-3-24-20(25)18(29-21(24)28)11-14-9-16(22)19(17(10-14)26-4-2)27-12-13-5-7-15(23)8-6-13/h5-11H,3-4,12H2,1-2H3/b18-11-. The van der Waals surface area contributed by atoms with Crippen LogP contribution in [0.2, 0.25) is 5.02 Å². The van der Waals surface area contributed by atoms with Crippen LogP contribution in [-0.4, -0.2) is 28.3 Å². The summed E-state index contributed by atoms with van der Waals surface area (Å²) in [7, 11) is 0. The van der Waals surface area contributed by atoms with E-state index in [0.29, 0.717) is 44.5 Å². The zero-order valence-corrected chi connectivity index (χ0v) is 18.3. The zero-order chi connectivity index (χ0) is 21.0. The predicted octanol–water partition coefficient (Wildman–Crippen LogP) is 5.68. The first-order valence-electron chi connectivity index (χ1n) is 9.01. The van der Waals surface area contributed by atoms with E-state index >= 15 is 0 Å². The van der Waals surface area contributed by atoms with Gasteiger partial charge in [-0.15, -0.1) is 0 Å². The van der Waals surface area contributed by atoms with Crippen molar-refractivity contribution in [2.45, 2.75) is 20.5 Å². The fraction of sp³-hybridized carbons (Fsp3) is 0.238. The van der Waals surface area contributed by atoms with Crippen molar-refractivity contribution in [2.75, 3.05) is 13.2 Å². The van der Waals surface area contributed by atoms with Crippen LogP contribution < -0.4 is 9.47 Å². The van der Waals surface area contributed by atoms with Gasteiger partial charge in [-0.05, 0) is 55.3 Å². The van der Waals surface area contributed by atoms with Gasteiger partial charge in [-0.1, -0.05) is 47.7 Å². The summed E-state index contributed by atoms with van der Waals surface area (Å²) in [4.78, 5) is 14.5. The number of hydrogen-bond acceptors (Lipinski definition) is 5. The third-order valence-electron chi connectivity index (χ3n) is 4.12. The normalized spacial score (nSPS) is 15.3. The van der Waals surface area contributed by atoms with Crippen molar-refractivity contribution in [3.8, 4) is 11.5 Å². The second kappa shape index (κ2) is 9.61. The molecule has 0 N–H and O–H groups in total. The molecule has 1 saturated heterocycles. The fourth-order valence-electron chi connectivity index (χ4n) is 2.73. The Morgan fingerprint density at radius 3 is 2.55 bits per heavy atom. The lowest BCUT2D eigenvalue weighted by molar-refractivity contribution is -0.121. The smallest absolute Gasteiger partial charge is 0.266 e. The van der Waals surface area contributed by atoms with E-state index in [-0.39, 0.29) is 18.3 Å². The Kier molecular flexibility index (Phi) is 7.16. The van der Waals surface area contributed by atoms with Crippen molar-refractivity contribution < 1.29 is 18.7 Å². The van der Waals surface area contributed by atoms with Crippen LogP contribution in [0, 0.1) is 5.82 Å². The summed E-state index contributed by atoms with van der Waals surface area (Å²) in [5, 5.41) is 0.357. The number of thiocarbonyl (C=S) groups is 1. The third kappa shape index (κ3) is 5.10. The molecule has 8 heteroatoms. The van der Waals surface area contributed by atoms with Crippen molar-refractivity contribution in [3.05, 3.63) is 63.3 Å². The van der Waals surface area contributed by atoms with Crippen LogP contribution in [0.25, 0.3) is 6.08 Å². The summed E-state index contributed by atoms with van der Waals surface area (Å²) in [6.45, 7) is 4.91. The quantitative estimate of drug-likeness (QED) is 0.400. The molecule has 1 aliphatic heterocycles. The molecule has 1 fully saturated rings. The van der Waals surface area contributed by atoms with Crippen LogP contribution in [0.1, 0.15) is 25.0 Å². The van der Waals surface area contributed by atoms with Gasteiger partial charge in [-0.3, -0.25) is 9.69 Å². The molecular weight excluding hydrogens is 433 g/mol. The fourth-order valence-corrected chi connectivity index (χ4v) is 4.39.